The van der Waals surface area contributed by atoms with Crippen molar-refractivity contribution in [2.45, 2.75) is 50.8 Å². The van der Waals surface area contributed by atoms with Crippen molar-refractivity contribution < 1.29 is 17.9 Å². The van der Waals surface area contributed by atoms with Gasteiger partial charge in [0.2, 0.25) is 10.0 Å². The molecule has 2 atom stereocenters. The maximum absolute atomic E-state index is 12.6. The molecule has 0 radical (unpaired) electrons. The maximum Gasteiger partial charge on any atom is 0.324 e. The molecule has 0 amide bonds. The summed E-state index contributed by atoms with van der Waals surface area (Å²) in [5, 5.41) is -0.924. The maximum atomic E-state index is 12.6. The van der Waals surface area contributed by atoms with Crippen molar-refractivity contribution in [2.24, 2.45) is 5.73 Å². The monoisotopic (exact) mass is 322 g/mol. The number of nitrogens with two attached hydrogens (primary N) is 1. The van der Waals surface area contributed by atoms with E-state index in [-0.39, 0.29) is 11.6 Å². The van der Waals surface area contributed by atoms with Crippen molar-refractivity contribution in [1.82, 2.24) is 4.31 Å². The van der Waals surface area contributed by atoms with Crippen LogP contribution in [0.4, 0.5) is 0 Å². The molecule has 116 valence electrons. The molecule has 8 heteroatoms. The predicted molar refractivity (Wildman–Crippen MR) is 80.8 cm³/mol. The first kappa shape index (κ1) is 17.3. The third kappa shape index (κ3) is 3.67. The Kier molecular flexibility index (Phi) is 6.35. The average Bonchev–Trinajstić information content (AvgIpc) is 2.39. The van der Waals surface area contributed by atoms with Gasteiger partial charge in [-0.15, -0.1) is 0 Å². The standard InChI is InChI=1S/C12H22N2O4S2/c1-3-10(11(13)19)20(16,17)14-8-6-5-7-9(14)12(15)18-4-2/h9-10H,3-8H2,1-2H3,(H2,13,19). The average molecular weight is 322 g/mol. The third-order valence-corrected chi connectivity index (χ3v) is 6.22. The Morgan fingerprint density at radius 1 is 1.45 bits per heavy atom. The van der Waals surface area contributed by atoms with E-state index >= 15 is 0 Å². The van der Waals surface area contributed by atoms with Gasteiger partial charge in [0.05, 0.1) is 11.6 Å². The molecule has 0 aromatic heterocycles. The van der Waals surface area contributed by atoms with Gasteiger partial charge in [-0.25, -0.2) is 8.42 Å². The minimum atomic E-state index is -3.72. The first-order valence-corrected chi connectivity index (χ1v) is 8.74. The van der Waals surface area contributed by atoms with Crippen LogP contribution in [0.1, 0.15) is 39.5 Å². The zero-order valence-electron chi connectivity index (χ0n) is 11.9. The molecule has 1 aliphatic heterocycles. The van der Waals surface area contributed by atoms with E-state index in [0.717, 1.165) is 12.8 Å². The van der Waals surface area contributed by atoms with Crippen molar-refractivity contribution in [3.63, 3.8) is 0 Å². The second kappa shape index (κ2) is 7.33. The smallest absolute Gasteiger partial charge is 0.324 e. The number of carbonyl (C=O) groups excluding carboxylic acids is 1. The van der Waals surface area contributed by atoms with Gasteiger partial charge in [-0.1, -0.05) is 19.1 Å². The van der Waals surface area contributed by atoms with Crippen LogP contribution in [0, 0.1) is 0 Å². The Morgan fingerprint density at radius 3 is 2.60 bits per heavy atom. The first-order valence-electron chi connectivity index (χ1n) is 6.82. The quantitative estimate of drug-likeness (QED) is 0.574. The fraction of sp³-hybridized carbons (Fsp3) is 0.833. The third-order valence-electron chi connectivity index (χ3n) is 3.39. The molecule has 2 unspecified atom stereocenters. The second-order valence-electron chi connectivity index (χ2n) is 4.72. The zero-order chi connectivity index (χ0) is 15.3. The number of rotatable bonds is 6. The van der Waals surface area contributed by atoms with Gasteiger partial charge in [-0.2, -0.15) is 4.31 Å². The van der Waals surface area contributed by atoms with Gasteiger partial charge in [0.25, 0.3) is 0 Å². The fourth-order valence-corrected chi connectivity index (χ4v) is 4.91. The molecule has 0 saturated carbocycles. The lowest BCUT2D eigenvalue weighted by Crippen LogP contribution is -2.53. The number of thiocarbonyl (C=S) groups is 1. The van der Waals surface area contributed by atoms with Crippen LogP contribution < -0.4 is 5.73 Å². The Bertz CT molecular complexity index is 464. The Labute approximate surface area is 125 Å². The van der Waals surface area contributed by atoms with Crippen LogP contribution >= 0.6 is 12.2 Å². The Morgan fingerprint density at radius 2 is 2.10 bits per heavy atom. The van der Waals surface area contributed by atoms with Gasteiger partial charge in [0.1, 0.15) is 11.3 Å². The minimum Gasteiger partial charge on any atom is -0.465 e. The summed E-state index contributed by atoms with van der Waals surface area (Å²) >= 11 is 4.84. The van der Waals surface area contributed by atoms with Gasteiger partial charge < -0.3 is 10.5 Å². The van der Waals surface area contributed by atoms with Crippen LogP contribution in [0.5, 0.6) is 0 Å². The van der Waals surface area contributed by atoms with Crippen molar-refractivity contribution in [3.05, 3.63) is 0 Å². The summed E-state index contributed by atoms with van der Waals surface area (Å²) in [7, 11) is -3.72. The molecular formula is C12H22N2O4S2. The molecule has 6 nitrogen and oxygen atoms in total. The number of hydrogen-bond acceptors (Lipinski definition) is 5. The zero-order valence-corrected chi connectivity index (χ0v) is 13.5. The number of hydrogen-bond donors (Lipinski definition) is 1. The molecule has 0 bridgehead atoms. The van der Waals surface area contributed by atoms with Gasteiger partial charge >= 0.3 is 5.97 Å². The summed E-state index contributed by atoms with van der Waals surface area (Å²) in [6, 6.07) is -0.753. The summed E-state index contributed by atoms with van der Waals surface area (Å²) in [6.45, 7) is 3.95. The summed E-state index contributed by atoms with van der Waals surface area (Å²) in [5.74, 6) is -0.492. The van der Waals surface area contributed by atoms with Gasteiger partial charge in [0, 0.05) is 6.54 Å². The lowest BCUT2D eigenvalue weighted by atomic mass is 10.1. The SMILES string of the molecule is CCOC(=O)C1CCCCN1S(=O)(=O)C(CC)C(N)=S. The number of piperidine rings is 1. The van der Waals surface area contributed by atoms with Crippen LogP contribution in [0.3, 0.4) is 0 Å². The molecule has 0 aliphatic carbocycles. The van der Waals surface area contributed by atoms with E-state index in [2.05, 4.69) is 0 Å². The van der Waals surface area contributed by atoms with Crippen molar-refractivity contribution in [2.75, 3.05) is 13.2 Å². The highest BCUT2D eigenvalue weighted by Gasteiger charge is 2.41. The molecule has 1 rings (SSSR count). The number of carbonyl (C=O) groups is 1. The Hall–Kier alpha value is -0.730. The molecule has 20 heavy (non-hydrogen) atoms. The number of nitrogens with zero attached hydrogens (tertiary/aromatic N) is 1. The number of ether oxygens (including phenoxy) is 1. The van der Waals surface area contributed by atoms with Crippen molar-refractivity contribution >= 4 is 33.2 Å². The van der Waals surface area contributed by atoms with Crippen LogP contribution in [0.25, 0.3) is 0 Å². The molecule has 1 aliphatic rings. The summed E-state index contributed by atoms with van der Waals surface area (Å²) < 4.78 is 31.5. The molecule has 2 N–H and O–H groups in total. The van der Waals surface area contributed by atoms with E-state index < -0.39 is 27.3 Å². The molecule has 0 spiro atoms. The van der Waals surface area contributed by atoms with E-state index in [9.17, 15) is 13.2 Å². The minimum absolute atomic E-state index is 0.0549. The van der Waals surface area contributed by atoms with Crippen LogP contribution in [-0.2, 0) is 19.6 Å². The summed E-state index contributed by atoms with van der Waals surface area (Å²) in [5.41, 5.74) is 5.53. The fourth-order valence-electron chi connectivity index (χ4n) is 2.41. The van der Waals surface area contributed by atoms with E-state index in [1.165, 1.54) is 4.31 Å². The molecule has 0 aromatic carbocycles. The molecule has 1 heterocycles. The lowest BCUT2D eigenvalue weighted by Gasteiger charge is -2.35. The van der Waals surface area contributed by atoms with E-state index in [4.69, 9.17) is 22.7 Å². The molecule has 1 fully saturated rings. The van der Waals surface area contributed by atoms with Crippen molar-refractivity contribution in [1.29, 1.82) is 0 Å². The second-order valence-corrected chi connectivity index (χ2v) is 7.26. The lowest BCUT2D eigenvalue weighted by molar-refractivity contribution is -0.148. The highest BCUT2D eigenvalue weighted by atomic mass is 32.2. The number of esters is 1. The molecule has 0 aromatic rings. The van der Waals surface area contributed by atoms with Gasteiger partial charge in [-0.05, 0) is 32.6 Å². The normalized spacial score (nSPS) is 22.2. The van der Waals surface area contributed by atoms with E-state index in [1.54, 1.807) is 13.8 Å². The molecule has 1 saturated heterocycles. The Balaban J connectivity index is 3.05. The van der Waals surface area contributed by atoms with E-state index in [1.807, 2.05) is 0 Å². The van der Waals surface area contributed by atoms with Crippen LogP contribution in [0.2, 0.25) is 0 Å². The summed E-state index contributed by atoms with van der Waals surface area (Å²) in [6.07, 6.45) is 2.30. The van der Waals surface area contributed by atoms with Gasteiger partial charge in [-0.3, -0.25) is 4.79 Å². The van der Waals surface area contributed by atoms with Crippen LogP contribution in [-0.4, -0.2) is 48.1 Å². The van der Waals surface area contributed by atoms with E-state index in [0.29, 0.717) is 19.4 Å². The van der Waals surface area contributed by atoms with Gasteiger partial charge in [0.15, 0.2) is 0 Å². The molecular weight excluding hydrogens is 300 g/mol. The highest BCUT2D eigenvalue weighted by molar-refractivity contribution is 7.92. The highest BCUT2D eigenvalue weighted by Crippen LogP contribution is 2.25. The van der Waals surface area contributed by atoms with Crippen molar-refractivity contribution in [3.8, 4) is 0 Å². The largest absolute Gasteiger partial charge is 0.465 e. The van der Waals surface area contributed by atoms with Crippen LogP contribution in [0.15, 0.2) is 0 Å². The summed E-state index contributed by atoms with van der Waals surface area (Å²) in [4.78, 5) is 11.9. The predicted octanol–water partition coefficient (Wildman–Crippen LogP) is 0.799. The number of sulfonamides is 1. The first-order chi connectivity index (χ1) is 9.36. The topological polar surface area (TPSA) is 89.7 Å².